The first kappa shape index (κ1) is 20.6. The Hall–Kier alpha value is -2.30. The molecule has 0 aliphatic heterocycles. The van der Waals surface area contributed by atoms with E-state index < -0.39 is 15.6 Å². The molecule has 0 saturated heterocycles. The third-order valence-corrected chi connectivity index (χ3v) is 8.47. The SMILES string of the molecule is CC(C)(C)NS(=O)(=O)c1ccc(-c2nc(C3CC3)cc(N(c3ccn[nH]3)C3CC3)n2)s1. The van der Waals surface area contributed by atoms with Crippen molar-refractivity contribution in [3.8, 4) is 10.7 Å². The molecule has 0 atom stereocenters. The van der Waals surface area contributed by atoms with Crippen molar-refractivity contribution in [3.63, 3.8) is 0 Å². The number of anilines is 2. The molecule has 2 fully saturated rings. The largest absolute Gasteiger partial charge is 0.308 e. The molecule has 2 N–H and O–H groups in total. The van der Waals surface area contributed by atoms with E-state index >= 15 is 0 Å². The van der Waals surface area contributed by atoms with Crippen LogP contribution in [0.4, 0.5) is 11.6 Å². The van der Waals surface area contributed by atoms with E-state index in [2.05, 4.69) is 25.9 Å². The summed E-state index contributed by atoms with van der Waals surface area (Å²) in [6, 6.07) is 7.85. The summed E-state index contributed by atoms with van der Waals surface area (Å²) < 4.78 is 28.5. The van der Waals surface area contributed by atoms with Crippen molar-refractivity contribution in [2.75, 3.05) is 4.90 Å². The molecule has 0 spiro atoms. The molecule has 8 nitrogen and oxygen atoms in total. The van der Waals surface area contributed by atoms with Crippen molar-refractivity contribution >= 4 is 33.0 Å². The standard InChI is InChI=1S/C21H26N6O2S2/c1-21(2,3)26-31(28,29)19-9-8-16(30-19)20-23-15(13-4-5-13)12-18(24-20)27(14-6-7-14)17-10-11-22-25-17/h8-14,26H,4-7H2,1-3H3,(H,22,25). The van der Waals surface area contributed by atoms with Crippen molar-refractivity contribution in [2.24, 2.45) is 0 Å². The Morgan fingerprint density at radius 3 is 2.52 bits per heavy atom. The molecule has 0 radical (unpaired) electrons. The molecule has 3 heterocycles. The lowest BCUT2D eigenvalue weighted by Crippen LogP contribution is -2.40. The van der Waals surface area contributed by atoms with Crippen LogP contribution in [0.15, 0.2) is 34.7 Å². The first-order chi connectivity index (χ1) is 14.7. The van der Waals surface area contributed by atoms with E-state index in [1.165, 1.54) is 11.3 Å². The number of H-pyrrole nitrogens is 1. The van der Waals surface area contributed by atoms with Gasteiger partial charge in [-0.05, 0) is 58.6 Å². The van der Waals surface area contributed by atoms with Crippen LogP contribution in [0, 0.1) is 0 Å². The first-order valence-corrected chi connectivity index (χ1v) is 12.8. The lowest BCUT2D eigenvalue weighted by atomic mass is 10.1. The van der Waals surface area contributed by atoms with E-state index in [-0.39, 0.29) is 4.21 Å². The molecule has 164 valence electrons. The highest BCUT2D eigenvalue weighted by molar-refractivity contribution is 7.91. The zero-order valence-corrected chi connectivity index (χ0v) is 19.4. The molecule has 2 saturated carbocycles. The van der Waals surface area contributed by atoms with Crippen LogP contribution in [0.5, 0.6) is 0 Å². The predicted molar refractivity (Wildman–Crippen MR) is 121 cm³/mol. The normalized spacial score (nSPS) is 17.1. The van der Waals surface area contributed by atoms with Crippen LogP contribution >= 0.6 is 11.3 Å². The second-order valence-corrected chi connectivity index (χ2v) is 12.3. The average molecular weight is 459 g/mol. The number of sulfonamides is 1. The second kappa shape index (κ2) is 7.39. The second-order valence-electron chi connectivity index (χ2n) is 9.27. The molecule has 0 aromatic carbocycles. The molecular formula is C21H26N6O2S2. The van der Waals surface area contributed by atoms with Crippen LogP contribution in [0.2, 0.25) is 0 Å². The third kappa shape index (κ3) is 4.51. The van der Waals surface area contributed by atoms with Crippen LogP contribution in [0.25, 0.3) is 10.7 Å². The molecule has 10 heteroatoms. The van der Waals surface area contributed by atoms with Gasteiger partial charge < -0.3 is 4.90 Å². The Morgan fingerprint density at radius 1 is 1.13 bits per heavy atom. The molecule has 3 aromatic rings. The highest BCUT2D eigenvalue weighted by Crippen LogP contribution is 2.43. The Kier molecular flexibility index (Phi) is 4.91. The maximum Gasteiger partial charge on any atom is 0.250 e. The first-order valence-electron chi connectivity index (χ1n) is 10.5. The molecule has 31 heavy (non-hydrogen) atoms. The number of nitrogens with zero attached hydrogens (tertiary/aromatic N) is 4. The number of rotatable bonds is 7. The van der Waals surface area contributed by atoms with Crippen molar-refractivity contribution in [2.45, 2.75) is 68.2 Å². The summed E-state index contributed by atoms with van der Waals surface area (Å²) in [5, 5.41) is 7.16. The van der Waals surface area contributed by atoms with Gasteiger partial charge in [-0.15, -0.1) is 11.3 Å². The van der Waals surface area contributed by atoms with Crippen LogP contribution in [0.3, 0.4) is 0 Å². The van der Waals surface area contributed by atoms with Crippen LogP contribution in [-0.2, 0) is 10.0 Å². The maximum absolute atomic E-state index is 12.7. The summed E-state index contributed by atoms with van der Waals surface area (Å²) in [6.45, 7) is 5.49. The minimum atomic E-state index is -3.60. The van der Waals surface area contributed by atoms with Crippen molar-refractivity contribution in [1.82, 2.24) is 24.9 Å². The topological polar surface area (TPSA) is 104 Å². The van der Waals surface area contributed by atoms with Gasteiger partial charge in [-0.1, -0.05) is 0 Å². The summed E-state index contributed by atoms with van der Waals surface area (Å²) in [4.78, 5) is 12.6. The molecule has 5 rings (SSSR count). The van der Waals surface area contributed by atoms with Crippen LogP contribution in [0.1, 0.15) is 58.1 Å². The quantitative estimate of drug-likeness (QED) is 0.550. The van der Waals surface area contributed by atoms with E-state index in [0.717, 1.165) is 47.9 Å². The van der Waals surface area contributed by atoms with Gasteiger partial charge in [0.1, 0.15) is 15.8 Å². The van der Waals surface area contributed by atoms with Gasteiger partial charge in [0, 0.05) is 35.3 Å². The van der Waals surface area contributed by atoms with E-state index in [9.17, 15) is 8.42 Å². The molecule has 2 aliphatic carbocycles. The smallest absolute Gasteiger partial charge is 0.250 e. The number of thiophene rings is 1. The van der Waals surface area contributed by atoms with Gasteiger partial charge in [-0.2, -0.15) is 5.10 Å². The molecular weight excluding hydrogens is 432 g/mol. The fourth-order valence-corrected chi connectivity index (χ4v) is 6.19. The van der Waals surface area contributed by atoms with Gasteiger partial charge in [0.05, 0.1) is 11.1 Å². The minimum absolute atomic E-state index is 0.270. The predicted octanol–water partition coefficient (Wildman–Crippen LogP) is 4.18. The highest BCUT2D eigenvalue weighted by atomic mass is 32.2. The number of hydrogen-bond acceptors (Lipinski definition) is 7. The van der Waals surface area contributed by atoms with Crippen molar-refractivity contribution in [3.05, 3.63) is 36.2 Å². The van der Waals surface area contributed by atoms with E-state index in [4.69, 9.17) is 9.97 Å². The van der Waals surface area contributed by atoms with Gasteiger partial charge in [-0.25, -0.2) is 23.1 Å². The average Bonchev–Trinajstić information content (AvgIpc) is 3.59. The fourth-order valence-electron chi connectivity index (χ4n) is 3.54. The van der Waals surface area contributed by atoms with Crippen LogP contribution < -0.4 is 9.62 Å². The third-order valence-electron chi connectivity index (χ3n) is 5.14. The Balaban J connectivity index is 1.54. The molecule has 0 unspecified atom stereocenters. The molecule has 2 aliphatic rings. The molecule has 0 amide bonds. The number of hydrogen-bond donors (Lipinski definition) is 2. The molecule has 0 bridgehead atoms. The number of aromatic nitrogens is 4. The lowest BCUT2D eigenvalue weighted by molar-refractivity contribution is 0.492. The summed E-state index contributed by atoms with van der Waals surface area (Å²) >= 11 is 1.20. The molecule has 3 aromatic heterocycles. The summed E-state index contributed by atoms with van der Waals surface area (Å²) in [6.07, 6.45) is 6.22. The van der Waals surface area contributed by atoms with Crippen LogP contribution in [-0.4, -0.2) is 40.2 Å². The lowest BCUT2D eigenvalue weighted by Gasteiger charge is -2.22. The number of nitrogens with one attached hydrogen (secondary N) is 2. The summed E-state index contributed by atoms with van der Waals surface area (Å²) in [5.74, 6) is 2.78. The van der Waals surface area contributed by atoms with Gasteiger partial charge in [0.15, 0.2) is 5.82 Å². The highest BCUT2D eigenvalue weighted by Gasteiger charge is 2.34. The van der Waals surface area contributed by atoms with E-state index in [1.807, 2.05) is 26.8 Å². The summed E-state index contributed by atoms with van der Waals surface area (Å²) in [7, 11) is -3.60. The monoisotopic (exact) mass is 458 g/mol. The Labute approximate surface area is 186 Å². The van der Waals surface area contributed by atoms with Gasteiger partial charge in [0.2, 0.25) is 0 Å². The van der Waals surface area contributed by atoms with E-state index in [0.29, 0.717) is 17.8 Å². The van der Waals surface area contributed by atoms with Crippen molar-refractivity contribution < 1.29 is 8.42 Å². The van der Waals surface area contributed by atoms with Gasteiger partial charge in [0.25, 0.3) is 10.0 Å². The fraction of sp³-hybridized carbons (Fsp3) is 0.476. The zero-order chi connectivity index (χ0) is 21.8. The minimum Gasteiger partial charge on any atom is -0.308 e. The number of aromatic amines is 1. The van der Waals surface area contributed by atoms with Gasteiger partial charge >= 0.3 is 0 Å². The van der Waals surface area contributed by atoms with Gasteiger partial charge in [-0.3, -0.25) is 5.10 Å². The maximum atomic E-state index is 12.7. The van der Waals surface area contributed by atoms with E-state index in [1.54, 1.807) is 18.3 Å². The zero-order valence-electron chi connectivity index (χ0n) is 17.8. The Bertz CT molecular complexity index is 1190. The Morgan fingerprint density at radius 2 is 1.90 bits per heavy atom. The van der Waals surface area contributed by atoms with Crippen molar-refractivity contribution in [1.29, 1.82) is 0 Å². The summed E-state index contributed by atoms with van der Waals surface area (Å²) in [5.41, 5.74) is 0.476.